The van der Waals surface area contributed by atoms with Gasteiger partial charge in [0.1, 0.15) is 23.0 Å². The number of nitrogen functional groups attached to an aromatic ring is 1. The van der Waals surface area contributed by atoms with Crippen molar-refractivity contribution in [3.05, 3.63) is 110 Å². The van der Waals surface area contributed by atoms with Gasteiger partial charge in [0.05, 0.1) is 39.8 Å². The Hall–Kier alpha value is -4.97. The molecule has 2 saturated heterocycles. The van der Waals surface area contributed by atoms with Crippen LogP contribution in [0.1, 0.15) is 35.2 Å². The smallest absolute Gasteiger partial charge is 0.293 e. The van der Waals surface area contributed by atoms with E-state index < -0.39 is 31.4 Å². The molecule has 0 saturated carbocycles. The number of nitro groups is 1. The molecule has 4 N–H and O–H groups in total. The minimum Gasteiger partial charge on any atom is -0.455 e. The Labute approximate surface area is 346 Å². The lowest BCUT2D eigenvalue weighted by atomic mass is 9.95. The number of benzene rings is 3. The Balaban J connectivity index is 1.08. The van der Waals surface area contributed by atoms with Gasteiger partial charge in [-0.15, -0.1) is 0 Å². The van der Waals surface area contributed by atoms with Crippen molar-refractivity contribution in [3.63, 3.8) is 0 Å². The van der Waals surface area contributed by atoms with E-state index >= 15 is 0 Å². The molecule has 0 radical (unpaired) electrons. The average Bonchev–Trinajstić information content (AvgIpc) is 3.22. The van der Waals surface area contributed by atoms with Gasteiger partial charge in [-0.2, -0.15) is 0 Å². The highest BCUT2D eigenvalue weighted by atomic mass is 35.5. The van der Waals surface area contributed by atoms with Crippen LogP contribution in [0, 0.1) is 16.0 Å². The molecule has 1 aromatic heterocycles. The van der Waals surface area contributed by atoms with Crippen molar-refractivity contribution in [2.75, 3.05) is 81.6 Å². The molecule has 1 amide bonds. The second-order valence-corrected chi connectivity index (χ2v) is 16.8. The van der Waals surface area contributed by atoms with Crippen LogP contribution in [-0.2, 0) is 19.5 Å². The van der Waals surface area contributed by atoms with Gasteiger partial charge in [-0.1, -0.05) is 35.3 Å². The van der Waals surface area contributed by atoms with Crippen molar-refractivity contribution in [1.82, 2.24) is 14.6 Å². The molecule has 0 aliphatic carbocycles. The van der Waals surface area contributed by atoms with Crippen LogP contribution >= 0.6 is 23.2 Å². The fraction of sp³-hybridized carbons (Fsp3) is 0.350. The number of nitrogens with zero attached hydrogens (tertiary/aromatic N) is 4. The normalized spacial score (nSPS) is 16.9. The summed E-state index contributed by atoms with van der Waals surface area (Å²) in [6, 6.07) is 17.7. The number of ether oxygens (including phenoxy) is 3. The first kappa shape index (κ1) is 41.2. The van der Waals surface area contributed by atoms with Crippen molar-refractivity contribution < 1.29 is 32.3 Å². The Morgan fingerprint density at radius 1 is 0.983 bits per heavy atom. The van der Waals surface area contributed by atoms with E-state index in [1.165, 1.54) is 41.6 Å². The van der Waals surface area contributed by atoms with Crippen molar-refractivity contribution in [3.8, 4) is 11.5 Å². The van der Waals surface area contributed by atoms with E-state index in [2.05, 4.69) is 24.8 Å². The number of anilines is 3. The van der Waals surface area contributed by atoms with Crippen LogP contribution in [0.5, 0.6) is 11.5 Å². The summed E-state index contributed by atoms with van der Waals surface area (Å²) >= 11 is 12.4. The molecule has 4 heterocycles. The first-order valence-corrected chi connectivity index (χ1v) is 21.1. The zero-order valence-electron chi connectivity index (χ0n) is 31.5. The Morgan fingerprint density at radius 2 is 1.74 bits per heavy atom. The number of halogens is 2. The van der Waals surface area contributed by atoms with E-state index in [1.807, 2.05) is 24.3 Å². The van der Waals surface area contributed by atoms with E-state index in [4.69, 9.17) is 43.1 Å². The average molecular weight is 853 g/mol. The Kier molecular flexibility index (Phi) is 13.0. The molecular formula is C40H43Cl2N7O8S. The van der Waals surface area contributed by atoms with Gasteiger partial charge in [0.15, 0.2) is 0 Å². The quantitative estimate of drug-likeness (QED) is 0.0961. The molecule has 18 heteroatoms. The number of aromatic nitrogens is 1. The summed E-state index contributed by atoms with van der Waals surface area (Å²) in [6.45, 7) is 6.53. The van der Waals surface area contributed by atoms with Gasteiger partial charge in [0.2, 0.25) is 0 Å². The first-order chi connectivity index (χ1) is 27.9. The third kappa shape index (κ3) is 10.00. The minimum absolute atomic E-state index is 0.0334. The zero-order valence-corrected chi connectivity index (χ0v) is 33.8. The van der Waals surface area contributed by atoms with Crippen molar-refractivity contribution in [2.24, 2.45) is 5.92 Å². The van der Waals surface area contributed by atoms with Gasteiger partial charge in [0, 0.05) is 81.4 Å². The number of piperazine rings is 1. The van der Waals surface area contributed by atoms with E-state index in [1.54, 1.807) is 12.1 Å². The summed E-state index contributed by atoms with van der Waals surface area (Å²) in [5, 5.41) is 15.9. The van der Waals surface area contributed by atoms with Crippen LogP contribution in [0.3, 0.4) is 0 Å². The molecule has 7 rings (SSSR count). The topological polar surface area (TPSA) is 191 Å². The number of rotatable bonds is 13. The van der Waals surface area contributed by atoms with Gasteiger partial charge in [-0.25, -0.2) is 18.1 Å². The number of nitrogens with two attached hydrogens (primary N) is 1. The van der Waals surface area contributed by atoms with Crippen molar-refractivity contribution in [2.45, 2.75) is 24.2 Å². The number of nitrogens with one attached hydrogen (secondary N) is 2. The summed E-state index contributed by atoms with van der Waals surface area (Å²) in [6.07, 6.45) is 3.79. The Bertz CT molecular complexity index is 2300. The highest BCUT2D eigenvalue weighted by Gasteiger charge is 2.28. The summed E-state index contributed by atoms with van der Waals surface area (Å²) in [5.41, 5.74) is 9.85. The van der Waals surface area contributed by atoms with Crippen LogP contribution in [0.25, 0.3) is 5.57 Å². The van der Waals surface area contributed by atoms with Gasteiger partial charge < -0.3 is 30.2 Å². The summed E-state index contributed by atoms with van der Waals surface area (Å²) in [5.74, 6) is -0.467. The number of carbonyl (C=O) groups is 1. The maximum atomic E-state index is 13.8. The standard InChI is InChI=1S/C40H43Cl2N7O8S/c41-29-3-1-27(2-4-29)33-11-18-56-25-28(33)24-47-12-14-48(15-13-47)30-5-7-34(38(19-30)57-31-20-35(42)39(43)45-23-31)40(50)46-58(53,54)32-6-8-36(37(21-32)49(51)52)44-22-26-9-16-55-17-10-26/h1-8,19-21,23,26,44H,9-18,22,24-25H2,(H2,43,45)(H,46,50). The number of nitro benzene ring substituents is 1. The molecule has 2 fully saturated rings. The maximum Gasteiger partial charge on any atom is 0.293 e. The molecule has 0 atom stereocenters. The number of carbonyl (C=O) groups excluding carboxylic acids is 1. The number of hydrogen-bond donors (Lipinski definition) is 3. The molecule has 306 valence electrons. The Morgan fingerprint density at radius 3 is 2.47 bits per heavy atom. The minimum atomic E-state index is -4.58. The molecule has 3 aliphatic heterocycles. The predicted octanol–water partition coefficient (Wildman–Crippen LogP) is 6.62. The predicted molar refractivity (Wildman–Crippen MR) is 222 cm³/mol. The van der Waals surface area contributed by atoms with Crippen LogP contribution < -0.4 is 25.4 Å². The summed E-state index contributed by atoms with van der Waals surface area (Å²) in [4.78, 5) is 33.2. The van der Waals surface area contributed by atoms with E-state index in [9.17, 15) is 23.3 Å². The highest BCUT2D eigenvalue weighted by molar-refractivity contribution is 7.90. The molecule has 0 bridgehead atoms. The van der Waals surface area contributed by atoms with Crippen LogP contribution in [-0.4, -0.2) is 94.8 Å². The number of pyridine rings is 1. The lowest BCUT2D eigenvalue weighted by Crippen LogP contribution is -2.47. The SMILES string of the molecule is Nc1ncc(Oc2cc(N3CCN(CC4=C(c5ccc(Cl)cc5)CCOC4)CC3)ccc2C(=O)NS(=O)(=O)c2ccc(NCC3CCOCC3)c([N+](=O)[O-])c2)cc1Cl. The van der Waals surface area contributed by atoms with Crippen molar-refractivity contribution >= 4 is 67.6 Å². The van der Waals surface area contributed by atoms with Gasteiger partial charge >= 0.3 is 0 Å². The van der Waals surface area contributed by atoms with E-state index in [-0.39, 0.29) is 39.5 Å². The van der Waals surface area contributed by atoms with E-state index in [0.29, 0.717) is 51.1 Å². The van der Waals surface area contributed by atoms with Gasteiger partial charge in [-0.05, 0) is 78.3 Å². The highest BCUT2D eigenvalue weighted by Crippen LogP contribution is 2.34. The lowest BCUT2D eigenvalue weighted by molar-refractivity contribution is -0.384. The lowest BCUT2D eigenvalue weighted by Gasteiger charge is -2.37. The second kappa shape index (κ2) is 18.3. The number of sulfonamides is 1. The van der Waals surface area contributed by atoms with Crippen LogP contribution in [0.15, 0.2) is 83.4 Å². The van der Waals surface area contributed by atoms with Crippen LogP contribution in [0.2, 0.25) is 10.0 Å². The number of amides is 1. The third-order valence-electron chi connectivity index (χ3n) is 10.5. The van der Waals surface area contributed by atoms with E-state index in [0.717, 1.165) is 56.2 Å². The molecule has 3 aliphatic rings. The fourth-order valence-corrected chi connectivity index (χ4v) is 8.49. The second-order valence-electron chi connectivity index (χ2n) is 14.3. The largest absolute Gasteiger partial charge is 0.455 e. The molecule has 0 spiro atoms. The molecular weight excluding hydrogens is 809 g/mol. The molecule has 58 heavy (non-hydrogen) atoms. The maximum absolute atomic E-state index is 13.8. The molecule has 3 aromatic carbocycles. The summed E-state index contributed by atoms with van der Waals surface area (Å²) < 4.78 is 46.5. The number of hydrogen-bond acceptors (Lipinski definition) is 13. The van der Waals surface area contributed by atoms with Crippen LogP contribution in [0.4, 0.5) is 22.9 Å². The molecule has 0 unspecified atom stereocenters. The van der Waals surface area contributed by atoms with Gasteiger partial charge in [-0.3, -0.25) is 19.8 Å². The molecule has 4 aromatic rings. The van der Waals surface area contributed by atoms with Crippen molar-refractivity contribution in [1.29, 1.82) is 0 Å². The molecule has 15 nitrogen and oxygen atoms in total. The zero-order chi connectivity index (χ0) is 40.8. The monoisotopic (exact) mass is 851 g/mol. The summed E-state index contributed by atoms with van der Waals surface area (Å²) in [7, 11) is -4.58. The fourth-order valence-electron chi connectivity index (χ4n) is 7.22. The van der Waals surface area contributed by atoms with Gasteiger partial charge in [0.25, 0.3) is 21.6 Å². The first-order valence-electron chi connectivity index (χ1n) is 18.9. The third-order valence-corrected chi connectivity index (χ3v) is 12.3.